The number of methoxy groups -OCH3 is 1. The number of carbonyl (C=O) groups excluding carboxylic acids is 1. The maximum atomic E-state index is 11.3. The van der Waals surface area contributed by atoms with E-state index in [-0.39, 0.29) is 11.2 Å². The molecule has 1 aromatic carbocycles. The molecule has 0 saturated heterocycles. The molecular weight excluding hydrogens is 300 g/mol. The van der Waals surface area contributed by atoms with E-state index < -0.39 is 0 Å². The van der Waals surface area contributed by atoms with Gasteiger partial charge >= 0.3 is 0 Å². The van der Waals surface area contributed by atoms with Gasteiger partial charge in [-0.2, -0.15) is 0 Å². The first-order valence-corrected chi connectivity index (χ1v) is 7.67. The number of aryl methyl sites for hydroxylation is 1. The summed E-state index contributed by atoms with van der Waals surface area (Å²) >= 11 is 1.30. The van der Waals surface area contributed by atoms with Crippen LogP contribution in [0.3, 0.4) is 0 Å². The minimum Gasteiger partial charge on any atom is -0.497 e. The van der Waals surface area contributed by atoms with Gasteiger partial charge < -0.3 is 10.5 Å². The number of pyridine rings is 1. The van der Waals surface area contributed by atoms with Crippen molar-refractivity contribution in [2.24, 2.45) is 5.73 Å². The third-order valence-corrected chi connectivity index (χ3v) is 4.62. The Morgan fingerprint density at radius 3 is 2.82 bits per heavy atom. The summed E-state index contributed by atoms with van der Waals surface area (Å²) in [5, 5.41) is 9.73. The molecule has 114 valence electrons. The number of amides is 1. The van der Waals surface area contributed by atoms with Crippen LogP contribution in [0.2, 0.25) is 0 Å². The van der Waals surface area contributed by atoms with Crippen LogP contribution in [-0.4, -0.2) is 32.9 Å². The molecule has 7 heteroatoms. The number of benzene rings is 1. The van der Waals surface area contributed by atoms with Crippen molar-refractivity contribution in [2.75, 3.05) is 7.11 Å². The second kappa shape index (κ2) is 5.49. The number of rotatable bonds is 4. The molecule has 22 heavy (non-hydrogen) atoms. The Kier molecular flexibility index (Phi) is 3.66. The minimum atomic E-state index is -0.380. The van der Waals surface area contributed by atoms with Gasteiger partial charge in [0.1, 0.15) is 5.75 Å². The summed E-state index contributed by atoms with van der Waals surface area (Å²) in [5.74, 6) is 0.378. The van der Waals surface area contributed by atoms with Crippen molar-refractivity contribution in [1.29, 1.82) is 0 Å². The van der Waals surface area contributed by atoms with E-state index in [1.54, 1.807) is 14.0 Å². The molecule has 6 nitrogen and oxygen atoms in total. The summed E-state index contributed by atoms with van der Waals surface area (Å²) < 4.78 is 7.24. The topological polar surface area (TPSA) is 82.5 Å². The van der Waals surface area contributed by atoms with Gasteiger partial charge in [-0.1, -0.05) is 11.8 Å². The molecule has 0 aliphatic rings. The van der Waals surface area contributed by atoms with Gasteiger partial charge in [0.25, 0.3) is 0 Å². The number of fused-ring (bicyclic) bond motifs is 3. The van der Waals surface area contributed by atoms with Crippen LogP contribution in [0.1, 0.15) is 12.5 Å². The monoisotopic (exact) mass is 316 g/mol. The quantitative estimate of drug-likeness (QED) is 0.746. The average Bonchev–Trinajstić information content (AvgIpc) is 2.89. The number of nitrogens with two attached hydrogens (primary N) is 1. The molecule has 2 heterocycles. The maximum Gasteiger partial charge on any atom is 0.230 e. The van der Waals surface area contributed by atoms with Crippen LogP contribution < -0.4 is 10.5 Å². The molecule has 0 spiro atoms. The highest BCUT2D eigenvalue weighted by atomic mass is 32.2. The fraction of sp³-hybridized carbons (Fsp3) is 0.267. The van der Waals surface area contributed by atoms with Crippen molar-refractivity contribution in [1.82, 2.24) is 14.6 Å². The fourth-order valence-electron chi connectivity index (χ4n) is 2.32. The van der Waals surface area contributed by atoms with Crippen molar-refractivity contribution in [3.05, 3.63) is 29.8 Å². The summed E-state index contributed by atoms with van der Waals surface area (Å²) in [6.07, 6.45) is 0. The Balaban J connectivity index is 2.27. The first-order valence-electron chi connectivity index (χ1n) is 6.79. The molecule has 3 rings (SSSR count). The molecule has 0 fully saturated rings. The summed E-state index contributed by atoms with van der Waals surface area (Å²) in [6, 6.07) is 7.85. The highest BCUT2D eigenvalue weighted by molar-refractivity contribution is 8.00. The highest BCUT2D eigenvalue weighted by Crippen LogP contribution is 2.29. The fourth-order valence-corrected chi connectivity index (χ4v) is 3.14. The minimum absolute atomic E-state index is 0.379. The standard InChI is InChI=1S/C15H16N4O2S/c1-8-6-13-17-18-15(22-9(2)14(16)20)19(13)12-7-10(21-3)4-5-11(8)12/h4-7,9H,1-3H3,(H2,16,20). The van der Waals surface area contributed by atoms with E-state index in [0.29, 0.717) is 5.16 Å². The molecule has 0 aliphatic carbocycles. The lowest BCUT2D eigenvalue weighted by Gasteiger charge is -2.10. The Hall–Kier alpha value is -2.28. The highest BCUT2D eigenvalue weighted by Gasteiger charge is 2.17. The third-order valence-electron chi connectivity index (χ3n) is 3.56. The van der Waals surface area contributed by atoms with Crippen molar-refractivity contribution in [3.8, 4) is 5.75 Å². The van der Waals surface area contributed by atoms with Gasteiger partial charge in [-0.05, 0) is 37.6 Å². The molecular formula is C15H16N4O2S. The Morgan fingerprint density at radius 2 is 2.14 bits per heavy atom. The Bertz CT molecular complexity index is 875. The third kappa shape index (κ3) is 2.37. The van der Waals surface area contributed by atoms with E-state index in [2.05, 4.69) is 10.2 Å². The number of hydrogen-bond donors (Lipinski definition) is 1. The van der Waals surface area contributed by atoms with Crippen molar-refractivity contribution in [2.45, 2.75) is 24.3 Å². The number of carbonyl (C=O) groups is 1. The average molecular weight is 316 g/mol. The molecule has 0 radical (unpaired) electrons. The maximum absolute atomic E-state index is 11.3. The molecule has 1 atom stereocenters. The zero-order valence-corrected chi connectivity index (χ0v) is 13.3. The summed E-state index contributed by atoms with van der Waals surface area (Å²) in [4.78, 5) is 11.3. The molecule has 1 amide bonds. The molecule has 0 bridgehead atoms. The number of ether oxygens (including phenoxy) is 1. The number of thioether (sulfide) groups is 1. The lowest BCUT2D eigenvalue weighted by atomic mass is 10.1. The van der Waals surface area contributed by atoms with E-state index in [9.17, 15) is 4.79 Å². The lowest BCUT2D eigenvalue weighted by molar-refractivity contribution is -0.117. The molecule has 1 unspecified atom stereocenters. The van der Waals surface area contributed by atoms with Crippen LogP contribution in [0.15, 0.2) is 29.4 Å². The molecule has 0 aliphatic heterocycles. The first-order chi connectivity index (χ1) is 10.5. The first kappa shape index (κ1) is 14.6. The van der Waals surface area contributed by atoms with Gasteiger partial charge in [0, 0.05) is 11.5 Å². The van der Waals surface area contributed by atoms with Crippen LogP contribution >= 0.6 is 11.8 Å². The van der Waals surface area contributed by atoms with Crippen LogP contribution in [-0.2, 0) is 4.79 Å². The van der Waals surface area contributed by atoms with Gasteiger partial charge in [0.15, 0.2) is 10.8 Å². The Morgan fingerprint density at radius 1 is 1.36 bits per heavy atom. The van der Waals surface area contributed by atoms with E-state index in [0.717, 1.165) is 27.9 Å². The number of nitrogens with zero attached hydrogens (tertiary/aromatic N) is 3. The van der Waals surface area contributed by atoms with Crippen LogP contribution in [0.25, 0.3) is 16.6 Å². The molecule has 2 aromatic heterocycles. The van der Waals surface area contributed by atoms with Crippen molar-refractivity contribution in [3.63, 3.8) is 0 Å². The van der Waals surface area contributed by atoms with Gasteiger partial charge in [-0.25, -0.2) is 0 Å². The van der Waals surface area contributed by atoms with Crippen LogP contribution in [0.5, 0.6) is 5.75 Å². The van der Waals surface area contributed by atoms with E-state index in [1.807, 2.05) is 35.6 Å². The van der Waals surface area contributed by atoms with Crippen LogP contribution in [0, 0.1) is 6.92 Å². The van der Waals surface area contributed by atoms with Crippen molar-refractivity contribution >= 4 is 34.2 Å². The number of hydrogen-bond acceptors (Lipinski definition) is 5. The van der Waals surface area contributed by atoms with E-state index in [1.165, 1.54) is 11.8 Å². The smallest absolute Gasteiger partial charge is 0.230 e. The SMILES string of the molecule is COc1ccc2c(C)cc3nnc(SC(C)C(N)=O)n3c2c1. The van der Waals surface area contributed by atoms with Gasteiger partial charge in [-0.3, -0.25) is 9.20 Å². The molecule has 3 aromatic rings. The molecule has 2 N–H and O–H groups in total. The lowest BCUT2D eigenvalue weighted by Crippen LogP contribution is -2.22. The van der Waals surface area contributed by atoms with Crippen LogP contribution in [0.4, 0.5) is 0 Å². The summed E-state index contributed by atoms with van der Waals surface area (Å²) in [7, 11) is 1.63. The zero-order valence-electron chi connectivity index (χ0n) is 12.5. The predicted octanol–water partition coefficient (Wildman–Crippen LogP) is 2.17. The molecule has 0 saturated carbocycles. The van der Waals surface area contributed by atoms with Gasteiger partial charge in [0.2, 0.25) is 5.91 Å². The zero-order chi connectivity index (χ0) is 15.9. The Labute approximate surface area is 131 Å². The second-order valence-corrected chi connectivity index (χ2v) is 6.36. The largest absolute Gasteiger partial charge is 0.497 e. The summed E-state index contributed by atoms with van der Waals surface area (Å²) in [6.45, 7) is 3.79. The summed E-state index contributed by atoms with van der Waals surface area (Å²) in [5.41, 5.74) is 8.13. The number of primary amides is 1. The van der Waals surface area contributed by atoms with E-state index in [4.69, 9.17) is 10.5 Å². The van der Waals surface area contributed by atoms with Gasteiger partial charge in [-0.15, -0.1) is 10.2 Å². The number of aromatic nitrogens is 3. The van der Waals surface area contributed by atoms with Gasteiger partial charge in [0.05, 0.1) is 17.9 Å². The normalized spacial score (nSPS) is 12.7. The predicted molar refractivity (Wildman–Crippen MR) is 86.3 cm³/mol. The van der Waals surface area contributed by atoms with E-state index >= 15 is 0 Å². The second-order valence-electron chi connectivity index (χ2n) is 5.05. The van der Waals surface area contributed by atoms with Crippen molar-refractivity contribution < 1.29 is 9.53 Å².